The number of allylic oxidation sites excluding steroid dienone is 1. The predicted molar refractivity (Wildman–Crippen MR) is 69.5 cm³/mol. The van der Waals surface area contributed by atoms with Crippen molar-refractivity contribution in [1.29, 1.82) is 0 Å². The summed E-state index contributed by atoms with van der Waals surface area (Å²) in [7, 11) is 3.51. The lowest BCUT2D eigenvalue weighted by Gasteiger charge is -1.97. The number of nitrogens with zero attached hydrogens (tertiary/aromatic N) is 4. The van der Waals surface area contributed by atoms with Crippen LogP contribution < -0.4 is 0 Å². The molecule has 0 spiro atoms. The second kappa shape index (κ2) is 4.78. The molecule has 0 aliphatic rings. The first-order chi connectivity index (χ1) is 8.49. The summed E-state index contributed by atoms with van der Waals surface area (Å²) < 4.78 is 3.17. The highest BCUT2D eigenvalue weighted by atomic mass is 35.5. The summed E-state index contributed by atoms with van der Waals surface area (Å²) in [6.45, 7) is 1.85. The van der Waals surface area contributed by atoms with E-state index in [1.807, 2.05) is 6.92 Å². The molecule has 0 bridgehead atoms. The zero-order valence-electron chi connectivity index (χ0n) is 10.4. The lowest BCUT2D eigenvalue weighted by molar-refractivity contribution is 0.103. The highest BCUT2D eigenvalue weighted by Gasteiger charge is 2.09. The van der Waals surface area contributed by atoms with Gasteiger partial charge in [-0.1, -0.05) is 11.6 Å². The van der Waals surface area contributed by atoms with Crippen LogP contribution in [0, 0.1) is 6.92 Å². The van der Waals surface area contributed by atoms with Crippen molar-refractivity contribution in [3.63, 3.8) is 0 Å². The van der Waals surface area contributed by atoms with E-state index in [1.165, 1.54) is 6.08 Å². The van der Waals surface area contributed by atoms with Gasteiger partial charge in [0.2, 0.25) is 5.78 Å². The molecule has 2 heterocycles. The summed E-state index contributed by atoms with van der Waals surface area (Å²) >= 11 is 5.95. The quantitative estimate of drug-likeness (QED) is 0.629. The van der Waals surface area contributed by atoms with Gasteiger partial charge in [-0.15, -0.1) is 0 Å². The van der Waals surface area contributed by atoms with Gasteiger partial charge in [0.25, 0.3) is 0 Å². The molecule has 0 fully saturated rings. The van der Waals surface area contributed by atoms with Crippen molar-refractivity contribution in [2.45, 2.75) is 6.92 Å². The molecule has 18 heavy (non-hydrogen) atoms. The number of carbonyl (C=O) groups excluding carboxylic acids is 1. The van der Waals surface area contributed by atoms with Crippen molar-refractivity contribution in [2.75, 3.05) is 0 Å². The second-order valence-electron chi connectivity index (χ2n) is 3.99. The highest BCUT2D eigenvalue weighted by Crippen LogP contribution is 2.16. The van der Waals surface area contributed by atoms with Crippen LogP contribution >= 0.6 is 11.6 Å². The Morgan fingerprint density at radius 2 is 2.11 bits per heavy atom. The summed E-state index contributed by atoms with van der Waals surface area (Å²) in [5.74, 6) is -0.115. The maximum atomic E-state index is 12.0. The van der Waals surface area contributed by atoms with Crippen LogP contribution in [0.25, 0.3) is 6.08 Å². The minimum atomic E-state index is -0.115. The third-order valence-electron chi connectivity index (χ3n) is 2.58. The molecule has 0 aliphatic carbocycles. The number of hydrogen-bond acceptors (Lipinski definition) is 3. The average Bonchev–Trinajstić information content (AvgIpc) is 2.80. The molecule has 94 valence electrons. The summed E-state index contributed by atoms with van der Waals surface area (Å²) in [6, 6.07) is 1.75. The molecule has 0 unspecified atom stereocenters. The Morgan fingerprint density at radius 1 is 1.39 bits per heavy atom. The van der Waals surface area contributed by atoms with Crippen molar-refractivity contribution in [2.24, 2.45) is 14.1 Å². The van der Waals surface area contributed by atoms with Gasteiger partial charge in [-0.3, -0.25) is 14.2 Å². The number of carbonyl (C=O) groups is 1. The van der Waals surface area contributed by atoms with Gasteiger partial charge in [0.05, 0.1) is 22.6 Å². The van der Waals surface area contributed by atoms with Crippen LogP contribution in [0.4, 0.5) is 0 Å². The van der Waals surface area contributed by atoms with Crippen LogP contribution in [0.1, 0.15) is 21.9 Å². The first kappa shape index (κ1) is 12.6. The predicted octanol–water partition coefficient (Wildman–Crippen LogP) is 2.01. The highest BCUT2D eigenvalue weighted by molar-refractivity contribution is 6.31. The van der Waals surface area contributed by atoms with E-state index in [0.717, 1.165) is 5.69 Å². The summed E-state index contributed by atoms with van der Waals surface area (Å²) in [6.07, 6.45) is 4.67. The first-order valence-corrected chi connectivity index (χ1v) is 5.77. The maximum Gasteiger partial charge on any atom is 0.203 e. The van der Waals surface area contributed by atoms with Gasteiger partial charge in [0.15, 0.2) is 0 Å². The fraction of sp³-hybridized carbons (Fsp3) is 0.250. The zero-order valence-corrected chi connectivity index (χ0v) is 11.1. The van der Waals surface area contributed by atoms with E-state index in [9.17, 15) is 4.79 Å². The molecule has 0 atom stereocenters. The van der Waals surface area contributed by atoms with Gasteiger partial charge in [0, 0.05) is 14.1 Å². The van der Waals surface area contributed by atoms with Crippen molar-refractivity contribution in [3.8, 4) is 0 Å². The largest absolute Gasteiger partial charge is 0.288 e. The molecule has 0 N–H and O–H groups in total. The molecular formula is C12H13ClN4O. The van der Waals surface area contributed by atoms with E-state index in [4.69, 9.17) is 11.6 Å². The van der Waals surface area contributed by atoms with Crippen LogP contribution in [-0.4, -0.2) is 25.3 Å². The number of aromatic nitrogens is 4. The topological polar surface area (TPSA) is 52.7 Å². The molecule has 5 nitrogen and oxygen atoms in total. The Balaban J connectivity index is 2.25. The van der Waals surface area contributed by atoms with E-state index in [2.05, 4.69) is 10.2 Å². The summed E-state index contributed by atoms with van der Waals surface area (Å²) in [5.41, 5.74) is 2.05. The SMILES string of the molecule is Cc1cc(C(=O)/C=C/c2c(Cl)cnn2C)n(C)n1. The number of halogens is 1. The lowest BCUT2D eigenvalue weighted by Crippen LogP contribution is -2.04. The zero-order chi connectivity index (χ0) is 13.3. The monoisotopic (exact) mass is 264 g/mol. The molecule has 2 aromatic heterocycles. The standard InChI is InChI=1S/C12H13ClN4O/c1-8-6-11(17(3)15-8)12(18)5-4-10-9(13)7-14-16(10)2/h4-7H,1-3H3/b5-4+. The van der Waals surface area contributed by atoms with Crippen LogP contribution in [0.5, 0.6) is 0 Å². The van der Waals surface area contributed by atoms with Gasteiger partial charge in [-0.25, -0.2) is 0 Å². The molecule has 0 saturated heterocycles. The Hall–Kier alpha value is -1.88. The second-order valence-corrected chi connectivity index (χ2v) is 4.40. The van der Waals surface area contributed by atoms with Gasteiger partial charge in [-0.2, -0.15) is 10.2 Å². The molecule has 6 heteroatoms. The number of aryl methyl sites for hydroxylation is 3. The van der Waals surface area contributed by atoms with E-state index >= 15 is 0 Å². The summed E-state index contributed by atoms with van der Waals surface area (Å²) in [4.78, 5) is 12.0. The van der Waals surface area contributed by atoms with Crippen LogP contribution in [0.15, 0.2) is 18.3 Å². The van der Waals surface area contributed by atoms with Crippen LogP contribution in [0.3, 0.4) is 0 Å². The van der Waals surface area contributed by atoms with E-state index in [1.54, 1.807) is 41.8 Å². The first-order valence-electron chi connectivity index (χ1n) is 5.39. The number of hydrogen-bond donors (Lipinski definition) is 0. The minimum absolute atomic E-state index is 0.115. The summed E-state index contributed by atoms with van der Waals surface area (Å²) in [5, 5.41) is 8.64. The van der Waals surface area contributed by atoms with Crippen molar-refractivity contribution < 1.29 is 4.79 Å². The van der Waals surface area contributed by atoms with Crippen molar-refractivity contribution >= 4 is 23.5 Å². The molecule has 2 aromatic rings. The van der Waals surface area contributed by atoms with Gasteiger partial charge in [-0.05, 0) is 25.1 Å². The lowest BCUT2D eigenvalue weighted by atomic mass is 10.2. The Morgan fingerprint density at radius 3 is 2.61 bits per heavy atom. The molecule has 0 saturated carbocycles. The molecule has 0 radical (unpaired) electrons. The average molecular weight is 265 g/mol. The Bertz CT molecular complexity index is 605. The molecule has 0 aromatic carbocycles. The Kier molecular flexibility index (Phi) is 3.34. The third-order valence-corrected chi connectivity index (χ3v) is 2.88. The Labute approximate surface area is 110 Å². The van der Waals surface area contributed by atoms with E-state index < -0.39 is 0 Å². The number of rotatable bonds is 3. The molecular weight excluding hydrogens is 252 g/mol. The third kappa shape index (κ3) is 2.36. The van der Waals surface area contributed by atoms with Crippen molar-refractivity contribution in [3.05, 3.63) is 40.4 Å². The smallest absolute Gasteiger partial charge is 0.203 e. The maximum absolute atomic E-state index is 12.0. The fourth-order valence-corrected chi connectivity index (χ4v) is 1.92. The van der Waals surface area contributed by atoms with Crippen LogP contribution in [-0.2, 0) is 14.1 Å². The van der Waals surface area contributed by atoms with Crippen LogP contribution in [0.2, 0.25) is 5.02 Å². The normalized spacial score (nSPS) is 11.3. The van der Waals surface area contributed by atoms with E-state index in [0.29, 0.717) is 16.4 Å². The van der Waals surface area contributed by atoms with Gasteiger partial charge in [0.1, 0.15) is 5.69 Å². The van der Waals surface area contributed by atoms with E-state index in [-0.39, 0.29) is 5.78 Å². The molecule has 0 amide bonds. The number of ketones is 1. The molecule has 0 aliphatic heterocycles. The van der Waals surface area contributed by atoms with Gasteiger partial charge >= 0.3 is 0 Å². The minimum Gasteiger partial charge on any atom is -0.288 e. The van der Waals surface area contributed by atoms with Crippen molar-refractivity contribution in [1.82, 2.24) is 19.6 Å². The molecule has 2 rings (SSSR count). The fourth-order valence-electron chi connectivity index (χ4n) is 1.69. The van der Waals surface area contributed by atoms with Gasteiger partial charge < -0.3 is 0 Å².